The number of allylic oxidation sites excluding steroid dienone is 2. The van der Waals surface area contributed by atoms with E-state index in [2.05, 4.69) is 24.7 Å². The molecule has 0 bridgehead atoms. The zero-order chi connectivity index (χ0) is 6.57. The predicted molar refractivity (Wildman–Crippen MR) is 36.2 cm³/mol. The van der Waals surface area contributed by atoms with E-state index in [9.17, 15) is 0 Å². The Morgan fingerprint density at radius 3 is 1.75 bits per heavy atom. The minimum atomic E-state index is 1.19. The highest BCUT2D eigenvalue weighted by Crippen LogP contribution is 1.94. The Bertz CT molecular complexity index is 90.7. The van der Waals surface area contributed by atoms with E-state index in [-0.39, 0.29) is 0 Å². The summed E-state index contributed by atoms with van der Waals surface area (Å²) in [6.07, 6.45) is 0. The van der Waals surface area contributed by atoms with Crippen LogP contribution in [0.15, 0.2) is 11.3 Å². The van der Waals surface area contributed by atoms with Crippen LogP contribution in [0.25, 0.3) is 0 Å². The molecule has 2 heteroatoms. The fourth-order valence-corrected chi connectivity index (χ4v) is 0.312. The molecular formula is C6H14N2. The van der Waals surface area contributed by atoms with Gasteiger partial charge in [0.25, 0.3) is 0 Å². The summed E-state index contributed by atoms with van der Waals surface area (Å²) in [5, 5.41) is 0. The van der Waals surface area contributed by atoms with Crippen LogP contribution < -0.4 is 10.9 Å². The van der Waals surface area contributed by atoms with Crippen molar-refractivity contribution < 1.29 is 0 Å². The maximum atomic E-state index is 2.97. The molecule has 0 rings (SSSR count). The molecule has 0 aromatic carbocycles. The van der Waals surface area contributed by atoms with Crippen molar-refractivity contribution in [3.8, 4) is 0 Å². The molecule has 48 valence electrons. The Morgan fingerprint density at radius 1 is 1.12 bits per heavy atom. The Kier molecular flexibility index (Phi) is 3.28. The van der Waals surface area contributed by atoms with Crippen molar-refractivity contribution in [1.82, 2.24) is 10.9 Å². The Morgan fingerprint density at radius 2 is 1.62 bits per heavy atom. The summed E-state index contributed by atoms with van der Waals surface area (Å²) < 4.78 is 0. The number of hydrogen-bond donors (Lipinski definition) is 2. The van der Waals surface area contributed by atoms with E-state index in [1.807, 2.05) is 14.0 Å². The van der Waals surface area contributed by atoms with Gasteiger partial charge < -0.3 is 5.43 Å². The molecule has 2 nitrogen and oxygen atoms in total. The van der Waals surface area contributed by atoms with E-state index in [1.165, 1.54) is 11.3 Å². The van der Waals surface area contributed by atoms with Gasteiger partial charge in [0.1, 0.15) is 0 Å². The second-order valence-corrected chi connectivity index (χ2v) is 2.00. The molecule has 0 fully saturated rings. The van der Waals surface area contributed by atoms with Gasteiger partial charge in [-0.25, -0.2) is 5.43 Å². The highest BCUT2D eigenvalue weighted by atomic mass is 15.3. The summed E-state index contributed by atoms with van der Waals surface area (Å²) in [6, 6.07) is 0. The Labute approximate surface area is 50.9 Å². The van der Waals surface area contributed by atoms with Crippen LogP contribution in [0.1, 0.15) is 20.8 Å². The topological polar surface area (TPSA) is 24.1 Å². The van der Waals surface area contributed by atoms with Crippen molar-refractivity contribution in [3.63, 3.8) is 0 Å². The maximum Gasteiger partial charge on any atom is 0.0217 e. The molecule has 0 aliphatic heterocycles. The molecular weight excluding hydrogens is 100 g/mol. The quantitative estimate of drug-likeness (QED) is 0.524. The van der Waals surface area contributed by atoms with Gasteiger partial charge >= 0.3 is 0 Å². The highest BCUT2D eigenvalue weighted by molar-refractivity contribution is 5.02. The molecule has 0 aromatic rings. The standard InChI is InChI=1S/C6H14N2/c1-5(2)6(3)8-7-4/h7-8H,1-4H3. The highest BCUT2D eigenvalue weighted by Gasteiger charge is 1.84. The van der Waals surface area contributed by atoms with Crippen molar-refractivity contribution in [3.05, 3.63) is 11.3 Å². The third-order valence-electron chi connectivity index (χ3n) is 1.06. The largest absolute Gasteiger partial charge is 0.326 e. The first-order valence-corrected chi connectivity index (χ1v) is 2.75. The molecule has 0 saturated carbocycles. The molecule has 8 heavy (non-hydrogen) atoms. The van der Waals surface area contributed by atoms with Gasteiger partial charge in [-0.05, 0) is 20.8 Å². The molecule has 0 radical (unpaired) electrons. The lowest BCUT2D eigenvalue weighted by Crippen LogP contribution is -2.25. The van der Waals surface area contributed by atoms with Crippen molar-refractivity contribution >= 4 is 0 Å². The van der Waals surface area contributed by atoms with E-state index >= 15 is 0 Å². The first kappa shape index (κ1) is 7.50. The lowest BCUT2D eigenvalue weighted by molar-refractivity contribution is 0.682. The van der Waals surface area contributed by atoms with Crippen molar-refractivity contribution in [2.24, 2.45) is 0 Å². The molecule has 0 unspecified atom stereocenters. The lowest BCUT2D eigenvalue weighted by Gasteiger charge is -2.04. The number of nitrogens with one attached hydrogen (secondary N) is 2. The third kappa shape index (κ3) is 2.64. The monoisotopic (exact) mass is 114 g/mol. The molecule has 0 saturated heterocycles. The summed E-state index contributed by atoms with van der Waals surface area (Å²) in [4.78, 5) is 0. The van der Waals surface area contributed by atoms with Gasteiger partial charge in [-0.1, -0.05) is 5.57 Å². The van der Waals surface area contributed by atoms with Crippen molar-refractivity contribution in [2.75, 3.05) is 7.05 Å². The summed E-state index contributed by atoms with van der Waals surface area (Å²) in [7, 11) is 1.85. The minimum Gasteiger partial charge on any atom is -0.326 e. The average molecular weight is 114 g/mol. The minimum absolute atomic E-state index is 1.19. The molecule has 0 aromatic heterocycles. The Hall–Kier alpha value is -0.500. The second-order valence-electron chi connectivity index (χ2n) is 2.00. The molecule has 0 aliphatic rings. The predicted octanol–water partition coefficient (Wildman–Crippen LogP) is 1.02. The molecule has 0 heterocycles. The number of hydrazine groups is 1. The van der Waals surface area contributed by atoms with Crippen molar-refractivity contribution in [1.29, 1.82) is 0 Å². The van der Waals surface area contributed by atoms with Crippen LogP contribution in [-0.4, -0.2) is 7.05 Å². The van der Waals surface area contributed by atoms with Gasteiger partial charge in [0.05, 0.1) is 0 Å². The fourth-order valence-electron chi connectivity index (χ4n) is 0.312. The Balaban J connectivity index is 3.62. The van der Waals surface area contributed by atoms with E-state index < -0.39 is 0 Å². The molecule has 0 spiro atoms. The maximum absolute atomic E-state index is 2.97. The van der Waals surface area contributed by atoms with Gasteiger partial charge in [-0.2, -0.15) is 0 Å². The van der Waals surface area contributed by atoms with Crippen LogP contribution in [0.4, 0.5) is 0 Å². The first-order valence-electron chi connectivity index (χ1n) is 2.75. The van der Waals surface area contributed by atoms with Gasteiger partial charge in [-0.15, -0.1) is 0 Å². The van der Waals surface area contributed by atoms with Gasteiger partial charge in [-0.3, -0.25) is 0 Å². The van der Waals surface area contributed by atoms with Gasteiger partial charge in [0.2, 0.25) is 0 Å². The van der Waals surface area contributed by atoms with E-state index in [0.29, 0.717) is 0 Å². The van der Waals surface area contributed by atoms with Crippen LogP contribution in [-0.2, 0) is 0 Å². The third-order valence-corrected chi connectivity index (χ3v) is 1.06. The summed E-state index contributed by atoms with van der Waals surface area (Å²) in [5.74, 6) is 0. The molecule has 2 N–H and O–H groups in total. The van der Waals surface area contributed by atoms with Gasteiger partial charge in [0.15, 0.2) is 0 Å². The van der Waals surface area contributed by atoms with Crippen LogP contribution in [0.2, 0.25) is 0 Å². The van der Waals surface area contributed by atoms with E-state index in [0.717, 1.165) is 0 Å². The zero-order valence-corrected chi connectivity index (χ0v) is 6.00. The molecule has 0 aliphatic carbocycles. The van der Waals surface area contributed by atoms with Crippen LogP contribution in [0, 0.1) is 0 Å². The molecule has 0 amide bonds. The fraction of sp³-hybridized carbons (Fsp3) is 0.667. The summed E-state index contributed by atoms with van der Waals surface area (Å²) in [6.45, 7) is 6.17. The van der Waals surface area contributed by atoms with E-state index in [4.69, 9.17) is 0 Å². The van der Waals surface area contributed by atoms with Crippen LogP contribution in [0.5, 0.6) is 0 Å². The van der Waals surface area contributed by atoms with Crippen LogP contribution >= 0.6 is 0 Å². The summed E-state index contributed by atoms with van der Waals surface area (Å²) >= 11 is 0. The zero-order valence-electron chi connectivity index (χ0n) is 6.00. The van der Waals surface area contributed by atoms with Crippen molar-refractivity contribution in [2.45, 2.75) is 20.8 Å². The smallest absolute Gasteiger partial charge is 0.0217 e. The van der Waals surface area contributed by atoms with E-state index in [1.54, 1.807) is 0 Å². The molecule has 0 atom stereocenters. The lowest BCUT2D eigenvalue weighted by atomic mass is 10.3. The number of rotatable bonds is 2. The average Bonchev–Trinajstić information content (AvgIpc) is 1.67. The van der Waals surface area contributed by atoms with Gasteiger partial charge in [0, 0.05) is 12.7 Å². The van der Waals surface area contributed by atoms with Crippen LogP contribution in [0.3, 0.4) is 0 Å². The normalized spacial score (nSPS) is 8.50. The second kappa shape index (κ2) is 3.50. The number of hydrogen-bond acceptors (Lipinski definition) is 2. The first-order chi connectivity index (χ1) is 3.68. The SMILES string of the molecule is CNNC(C)=C(C)C. The summed E-state index contributed by atoms with van der Waals surface area (Å²) in [5.41, 5.74) is 8.31.